The number of hydrogen-bond donors (Lipinski definition) is 1. The summed E-state index contributed by atoms with van der Waals surface area (Å²) in [7, 11) is 0. The Bertz CT molecular complexity index is 194. The van der Waals surface area contributed by atoms with Crippen molar-refractivity contribution in [2.24, 2.45) is 11.8 Å². The standard InChI is InChI=1S/C11H21NOS/c1-9(2)10(8-14)7-12-6-4-3-5-11(12)13/h9-10,14H,3-8H2,1-2H3. The molecule has 82 valence electrons. The number of amides is 1. The van der Waals surface area contributed by atoms with Crippen LogP contribution in [0.3, 0.4) is 0 Å². The average molecular weight is 215 g/mol. The topological polar surface area (TPSA) is 20.3 Å². The van der Waals surface area contributed by atoms with Gasteiger partial charge in [0.05, 0.1) is 0 Å². The summed E-state index contributed by atoms with van der Waals surface area (Å²) in [5, 5.41) is 0. The predicted octanol–water partition coefficient (Wildman–Crippen LogP) is 2.20. The fourth-order valence-electron chi connectivity index (χ4n) is 1.82. The summed E-state index contributed by atoms with van der Waals surface area (Å²) in [6, 6.07) is 0. The zero-order valence-corrected chi connectivity index (χ0v) is 10.1. The maximum absolute atomic E-state index is 11.6. The number of nitrogens with zero attached hydrogens (tertiary/aromatic N) is 1. The number of carbonyl (C=O) groups excluding carboxylic acids is 1. The molecule has 1 rings (SSSR count). The second-order valence-corrected chi connectivity index (χ2v) is 4.85. The smallest absolute Gasteiger partial charge is 0.222 e. The number of carbonyl (C=O) groups is 1. The van der Waals surface area contributed by atoms with E-state index in [1.807, 2.05) is 4.90 Å². The minimum Gasteiger partial charge on any atom is -0.342 e. The molecule has 1 atom stereocenters. The molecular weight excluding hydrogens is 194 g/mol. The Morgan fingerprint density at radius 2 is 2.14 bits per heavy atom. The van der Waals surface area contributed by atoms with Gasteiger partial charge in [-0.1, -0.05) is 13.8 Å². The van der Waals surface area contributed by atoms with E-state index >= 15 is 0 Å². The van der Waals surface area contributed by atoms with Crippen LogP contribution in [0.25, 0.3) is 0 Å². The lowest BCUT2D eigenvalue weighted by atomic mass is 9.96. The van der Waals surface area contributed by atoms with Gasteiger partial charge < -0.3 is 4.90 Å². The first kappa shape index (κ1) is 11.9. The van der Waals surface area contributed by atoms with Crippen molar-refractivity contribution in [2.45, 2.75) is 33.1 Å². The normalized spacial score (nSPS) is 20.3. The summed E-state index contributed by atoms with van der Waals surface area (Å²) in [4.78, 5) is 13.6. The first-order valence-electron chi connectivity index (χ1n) is 5.53. The van der Waals surface area contributed by atoms with Gasteiger partial charge in [0, 0.05) is 19.5 Å². The van der Waals surface area contributed by atoms with Crippen LogP contribution in [-0.2, 0) is 4.79 Å². The Morgan fingerprint density at radius 1 is 1.43 bits per heavy atom. The number of likely N-dealkylation sites (tertiary alicyclic amines) is 1. The second kappa shape index (κ2) is 5.64. The van der Waals surface area contributed by atoms with Gasteiger partial charge in [0.1, 0.15) is 0 Å². The highest BCUT2D eigenvalue weighted by Gasteiger charge is 2.22. The van der Waals surface area contributed by atoms with Crippen LogP contribution in [0, 0.1) is 11.8 Å². The first-order chi connectivity index (χ1) is 6.65. The number of piperidine rings is 1. The third-order valence-electron chi connectivity index (χ3n) is 3.05. The molecule has 1 unspecified atom stereocenters. The zero-order chi connectivity index (χ0) is 10.6. The first-order valence-corrected chi connectivity index (χ1v) is 6.17. The van der Waals surface area contributed by atoms with Crippen molar-refractivity contribution in [2.75, 3.05) is 18.8 Å². The summed E-state index contributed by atoms with van der Waals surface area (Å²) in [5.74, 6) is 2.37. The van der Waals surface area contributed by atoms with Crippen LogP contribution in [0.4, 0.5) is 0 Å². The summed E-state index contributed by atoms with van der Waals surface area (Å²) in [6.07, 6.45) is 2.99. The van der Waals surface area contributed by atoms with E-state index in [9.17, 15) is 4.79 Å². The summed E-state index contributed by atoms with van der Waals surface area (Å²) in [5.41, 5.74) is 0. The van der Waals surface area contributed by atoms with Gasteiger partial charge in [-0.2, -0.15) is 12.6 Å². The van der Waals surface area contributed by atoms with Gasteiger partial charge in [-0.05, 0) is 30.4 Å². The number of hydrogen-bond acceptors (Lipinski definition) is 2. The lowest BCUT2D eigenvalue weighted by molar-refractivity contribution is -0.134. The van der Waals surface area contributed by atoms with E-state index in [2.05, 4.69) is 26.5 Å². The van der Waals surface area contributed by atoms with E-state index in [1.165, 1.54) is 6.42 Å². The highest BCUT2D eigenvalue weighted by atomic mass is 32.1. The third-order valence-corrected chi connectivity index (χ3v) is 3.52. The monoisotopic (exact) mass is 215 g/mol. The Morgan fingerprint density at radius 3 is 2.64 bits per heavy atom. The maximum Gasteiger partial charge on any atom is 0.222 e. The quantitative estimate of drug-likeness (QED) is 0.713. The molecule has 0 aromatic rings. The van der Waals surface area contributed by atoms with Crippen molar-refractivity contribution in [3.63, 3.8) is 0 Å². The molecule has 3 heteroatoms. The second-order valence-electron chi connectivity index (χ2n) is 4.48. The SMILES string of the molecule is CC(C)C(CS)CN1CCCCC1=O. The summed E-state index contributed by atoms with van der Waals surface area (Å²) >= 11 is 4.35. The Hall–Kier alpha value is -0.180. The Balaban J connectivity index is 2.44. The van der Waals surface area contributed by atoms with Crippen molar-refractivity contribution in [3.05, 3.63) is 0 Å². The van der Waals surface area contributed by atoms with Crippen molar-refractivity contribution in [3.8, 4) is 0 Å². The molecule has 0 radical (unpaired) electrons. The van der Waals surface area contributed by atoms with E-state index in [0.717, 1.165) is 31.7 Å². The Labute approximate surface area is 92.5 Å². The van der Waals surface area contributed by atoms with Crippen molar-refractivity contribution in [1.29, 1.82) is 0 Å². The third kappa shape index (κ3) is 3.19. The zero-order valence-electron chi connectivity index (χ0n) is 9.20. The molecule has 0 bridgehead atoms. The molecule has 1 fully saturated rings. The van der Waals surface area contributed by atoms with E-state index in [-0.39, 0.29) is 0 Å². The molecule has 2 nitrogen and oxygen atoms in total. The highest BCUT2D eigenvalue weighted by molar-refractivity contribution is 7.80. The van der Waals surface area contributed by atoms with Crippen molar-refractivity contribution >= 4 is 18.5 Å². The largest absolute Gasteiger partial charge is 0.342 e. The molecule has 0 aromatic heterocycles. The number of rotatable bonds is 4. The van der Waals surface area contributed by atoms with Crippen LogP contribution in [0.15, 0.2) is 0 Å². The van der Waals surface area contributed by atoms with E-state index in [1.54, 1.807) is 0 Å². The van der Waals surface area contributed by atoms with Gasteiger partial charge >= 0.3 is 0 Å². The van der Waals surface area contributed by atoms with E-state index in [4.69, 9.17) is 0 Å². The fourth-order valence-corrected chi connectivity index (χ4v) is 2.35. The molecule has 0 saturated carbocycles. The molecule has 0 spiro atoms. The fraction of sp³-hybridized carbons (Fsp3) is 0.909. The molecule has 14 heavy (non-hydrogen) atoms. The molecule has 1 saturated heterocycles. The van der Waals surface area contributed by atoms with Crippen LogP contribution in [0.5, 0.6) is 0 Å². The van der Waals surface area contributed by atoms with Crippen LogP contribution in [0.2, 0.25) is 0 Å². The molecular formula is C11H21NOS. The van der Waals surface area contributed by atoms with Gasteiger partial charge in [0.15, 0.2) is 0 Å². The molecule has 1 amide bonds. The minimum atomic E-state index is 0.337. The van der Waals surface area contributed by atoms with Crippen LogP contribution >= 0.6 is 12.6 Å². The van der Waals surface area contributed by atoms with Crippen LogP contribution in [0.1, 0.15) is 33.1 Å². The molecule has 0 aliphatic carbocycles. The summed E-state index contributed by atoms with van der Waals surface area (Å²) in [6.45, 7) is 6.26. The average Bonchev–Trinajstić information content (AvgIpc) is 2.16. The number of thiol groups is 1. The lowest BCUT2D eigenvalue weighted by Gasteiger charge is -2.31. The van der Waals surface area contributed by atoms with E-state index in [0.29, 0.717) is 17.7 Å². The molecule has 1 aliphatic rings. The highest BCUT2D eigenvalue weighted by Crippen LogP contribution is 2.18. The maximum atomic E-state index is 11.6. The van der Waals surface area contributed by atoms with Gasteiger partial charge in [-0.25, -0.2) is 0 Å². The molecule has 0 aromatic carbocycles. The van der Waals surface area contributed by atoms with Crippen LogP contribution in [-0.4, -0.2) is 29.6 Å². The van der Waals surface area contributed by atoms with Gasteiger partial charge in [0.2, 0.25) is 5.91 Å². The van der Waals surface area contributed by atoms with Gasteiger partial charge in [0.25, 0.3) is 0 Å². The van der Waals surface area contributed by atoms with Crippen molar-refractivity contribution in [1.82, 2.24) is 4.90 Å². The van der Waals surface area contributed by atoms with Gasteiger partial charge in [-0.15, -0.1) is 0 Å². The lowest BCUT2D eigenvalue weighted by Crippen LogP contribution is -2.40. The van der Waals surface area contributed by atoms with Crippen molar-refractivity contribution < 1.29 is 4.79 Å². The Kier molecular flexibility index (Phi) is 4.79. The van der Waals surface area contributed by atoms with Gasteiger partial charge in [-0.3, -0.25) is 4.79 Å². The molecule has 0 N–H and O–H groups in total. The summed E-state index contributed by atoms with van der Waals surface area (Å²) < 4.78 is 0. The van der Waals surface area contributed by atoms with Crippen LogP contribution < -0.4 is 0 Å². The minimum absolute atomic E-state index is 0.337. The van der Waals surface area contributed by atoms with E-state index < -0.39 is 0 Å². The predicted molar refractivity (Wildman–Crippen MR) is 62.6 cm³/mol. The molecule has 1 heterocycles. The molecule has 1 aliphatic heterocycles.